The molecular formula is C17H34N2O. The molecule has 2 atom stereocenters. The maximum Gasteiger partial charge on any atom is 0.227 e. The minimum absolute atomic E-state index is 0.172. The van der Waals surface area contributed by atoms with E-state index < -0.39 is 0 Å². The van der Waals surface area contributed by atoms with Gasteiger partial charge in [-0.25, -0.2) is 0 Å². The summed E-state index contributed by atoms with van der Waals surface area (Å²) in [5.74, 6) is 0.746. The van der Waals surface area contributed by atoms with E-state index in [0.29, 0.717) is 18.5 Å². The Hall–Kier alpha value is -0.570. The van der Waals surface area contributed by atoms with Crippen LogP contribution < -0.4 is 11.1 Å². The summed E-state index contributed by atoms with van der Waals surface area (Å²) >= 11 is 0. The van der Waals surface area contributed by atoms with E-state index in [0.717, 1.165) is 19.3 Å². The Morgan fingerprint density at radius 3 is 2.15 bits per heavy atom. The van der Waals surface area contributed by atoms with Crippen molar-refractivity contribution in [3.05, 3.63) is 0 Å². The van der Waals surface area contributed by atoms with Crippen LogP contribution in [0.15, 0.2) is 0 Å². The monoisotopic (exact) mass is 282 g/mol. The summed E-state index contributed by atoms with van der Waals surface area (Å²) in [5.41, 5.74) is 5.77. The predicted octanol–water partition coefficient (Wildman–Crippen LogP) is 3.47. The van der Waals surface area contributed by atoms with Gasteiger partial charge in [0.15, 0.2) is 0 Å². The zero-order chi connectivity index (χ0) is 15.4. The van der Waals surface area contributed by atoms with Crippen molar-refractivity contribution >= 4 is 5.91 Å². The van der Waals surface area contributed by atoms with Crippen LogP contribution in [0, 0.1) is 16.7 Å². The van der Waals surface area contributed by atoms with Crippen LogP contribution in [0.4, 0.5) is 0 Å². The fraction of sp³-hybridized carbons (Fsp3) is 0.941. The van der Waals surface area contributed by atoms with Gasteiger partial charge in [-0.2, -0.15) is 0 Å². The fourth-order valence-electron chi connectivity index (χ4n) is 3.61. The molecule has 0 saturated heterocycles. The molecule has 1 rings (SSSR count). The Bertz CT molecular complexity index is 307. The molecule has 0 heterocycles. The Morgan fingerprint density at radius 1 is 1.15 bits per heavy atom. The lowest BCUT2D eigenvalue weighted by Gasteiger charge is -2.42. The molecule has 1 aliphatic rings. The highest BCUT2D eigenvalue weighted by atomic mass is 16.2. The van der Waals surface area contributed by atoms with Gasteiger partial charge in [-0.1, -0.05) is 47.5 Å². The molecule has 1 saturated carbocycles. The smallest absolute Gasteiger partial charge is 0.227 e. The first-order chi connectivity index (χ1) is 9.30. The zero-order valence-corrected chi connectivity index (χ0v) is 14.1. The third-order valence-electron chi connectivity index (χ3n) is 5.42. The number of rotatable bonds is 5. The van der Waals surface area contributed by atoms with Crippen LogP contribution >= 0.6 is 0 Å². The summed E-state index contributed by atoms with van der Waals surface area (Å²) in [7, 11) is 0. The van der Waals surface area contributed by atoms with E-state index in [-0.39, 0.29) is 16.7 Å². The van der Waals surface area contributed by atoms with Gasteiger partial charge in [0, 0.05) is 12.6 Å². The van der Waals surface area contributed by atoms with Gasteiger partial charge in [-0.3, -0.25) is 4.79 Å². The molecular weight excluding hydrogens is 248 g/mol. The number of nitrogens with two attached hydrogens (primary N) is 1. The van der Waals surface area contributed by atoms with Gasteiger partial charge in [0.05, 0.1) is 5.41 Å². The molecule has 1 amide bonds. The molecule has 0 aromatic rings. The molecule has 0 radical (unpaired) electrons. The van der Waals surface area contributed by atoms with E-state index in [1.54, 1.807) is 0 Å². The van der Waals surface area contributed by atoms with Crippen molar-refractivity contribution in [2.45, 2.75) is 79.2 Å². The first-order valence-electron chi connectivity index (χ1n) is 8.31. The van der Waals surface area contributed by atoms with Gasteiger partial charge >= 0.3 is 0 Å². The Kier molecular flexibility index (Phi) is 6.06. The summed E-state index contributed by atoms with van der Waals surface area (Å²) in [6, 6.07) is 0.320. The second kappa shape index (κ2) is 6.93. The van der Waals surface area contributed by atoms with E-state index in [1.807, 2.05) is 0 Å². The minimum atomic E-state index is -0.375. The first kappa shape index (κ1) is 17.5. The fourth-order valence-corrected chi connectivity index (χ4v) is 3.61. The lowest BCUT2D eigenvalue weighted by Crippen LogP contribution is -2.53. The quantitative estimate of drug-likeness (QED) is 0.811. The highest BCUT2D eigenvalue weighted by molar-refractivity contribution is 5.83. The van der Waals surface area contributed by atoms with Gasteiger partial charge in [0.1, 0.15) is 0 Å². The van der Waals surface area contributed by atoms with Crippen LogP contribution in [0.25, 0.3) is 0 Å². The molecule has 20 heavy (non-hydrogen) atoms. The third kappa shape index (κ3) is 3.75. The molecule has 0 aliphatic heterocycles. The summed E-state index contributed by atoms with van der Waals surface area (Å²) in [6.07, 6.45) is 6.49. The Balaban J connectivity index is 2.81. The van der Waals surface area contributed by atoms with Gasteiger partial charge in [0.2, 0.25) is 5.91 Å². The van der Waals surface area contributed by atoms with Crippen LogP contribution in [0.5, 0.6) is 0 Å². The molecule has 3 nitrogen and oxygen atoms in total. The number of carbonyl (C=O) groups excluding carboxylic acids is 1. The van der Waals surface area contributed by atoms with Crippen molar-refractivity contribution in [2.75, 3.05) is 6.54 Å². The average molecular weight is 282 g/mol. The van der Waals surface area contributed by atoms with E-state index in [9.17, 15) is 4.79 Å². The van der Waals surface area contributed by atoms with E-state index >= 15 is 0 Å². The SMILES string of the molecule is CCC(CC)(CN)C(=O)NC1CCCCC1C(C)(C)C. The second-order valence-electron chi connectivity index (χ2n) is 7.53. The van der Waals surface area contributed by atoms with Gasteiger partial charge < -0.3 is 11.1 Å². The Labute approximate surface area is 125 Å². The van der Waals surface area contributed by atoms with Crippen molar-refractivity contribution in [1.82, 2.24) is 5.32 Å². The molecule has 0 aromatic carbocycles. The lowest BCUT2D eigenvalue weighted by atomic mass is 9.69. The molecule has 0 spiro atoms. The predicted molar refractivity (Wildman–Crippen MR) is 85.4 cm³/mol. The summed E-state index contributed by atoms with van der Waals surface area (Å²) < 4.78 is 0. The van der Waals surface area contributed by atoms with Gasteiger partial charge in [0.25, 0.3) is 0 Å². The van der Waals surface area contributed by atoms with Crippen LogP contribution in [0.2, 0.25) is 0 Å². The van der Waals surface area contributed by atoms with Gasteiger partial charge in [-0.15, -0.1) is 0 Å². The second-order valence-corrected chi connectivity index (χ2v) is 7.53. The molecule has 118 valence electrons. The van der Waals surface area contributed by atoms with E-state index in [1.165, 1.54) is 19.3 Å². The number of hydrogen-bond donors (Lipinski definition) is 2. The van der Waals surface area contributed by atoms with Crippen molar-refractivity contribution in [1.29, 1.82) is 0 Å². The summed E-state index contributed by atoms with van der Waals surface area (Å²) in [5, 5.41) is 3.35. The van der Waals surface area contributed by atoms with E-state index in [2.05, 4.69) is 39.9 Å². The maximum atomic E-state index is 12.7. The highest BCUT2D eigenvalue weighted by Crippen LogP contribution is 2.38. The normalized spacial score (nSPS) is 24.5. The third-order valence-corrected chi connectivity index (χ3v) is 5.42. The molecule has 1 aliphatic carbocycles. The molecule has 3 heteroatoms. The largest absolute Gasteiger partial charge is 0.353 e. The van der Waals surface area contributed by atoms with Crippen molar-refractivity contribution in [3.63, 3.8) is 0 Å². The Morgan fingerprint density at radius 2 is 1.70 bits per heavy atom. The number of carbonyl (C=O) groups is 1. The maximum absolute atomic E-state index is 12.7. The van der Waals surface area contributed by atoms with Crippen molar-refractivity contribution < 1.29 is 4.79 Å². The molecule has 3 N–H and O–H groups in total. The van der Waals surface area contributed by atoms with Crippen LogP contribution in [0.1, 0.15) is 73.1 Å². The average Bonchev–Trinajstić information content (AvgIpc) is 2.41. The lowest BCUT2D eigenvalue weighted by molar-refractivity contribution is -0.132. The molecule has 0 bridgehead atoms. The summed E-state index contributed by atoms with van der Waals surface area (Å²) in [6.45, 7) is 11.4. The number of amides is 1. The number of nitrogens with one attached hydrogen (secondary N) is 1. The highest BCUT2D eigenvalue weighted by Gasteiger charge is 2.39. The topological polar surface area (TPSA) is 55.1 Å². The first-order valence-corrected chi connectivity index (χ1v) is 8.31. The molecule has 1 fully saturated rings. The molecule has 0 aromatic heterocycles. The van der Waals surface area contributed by atoms with Crippen molar-refractivity contribution in [3.8, 4) is 0 Å². The van der Waals surface area contributed by atoms with Crippen LogP contribution in [-0.2, 0) is 4.79 Å². The van der Waals surface area contributed by atoms with Crippen LogP contribution in [0.3, 0.4) is 0 Å². The van der Waals surface area contributed by atoms with Gasteiger partial charge in [-0.05, 0) is 37.0 Å². The minimum Gasteiger partial charge on any atom is -0.353 e. The van der Waals surface area contributed by atoms with Crippen LogP contribution in [-0.4, -0.2) is 18.5 Å². The number of hydrogen-bond acceptors (Lipinski definition) is 2. The standard InChI is InChI=1S/C17H34N2O/c1-6-17(7-2,12-18)15(20)19-14-11-9-8-10-13(14)16(3,4)5/h13-14H,6-12,18H2,1-5H3,(H,19,20). The zero-order valence-electron chi connectivity index (χ0n) is 14.1. The molecule has 2 unspecified atom stereocenters. The van der Waals surface area contributed by atoms with Crippen molar-refractivity contribution in [2.24, 2.45) is 22.5 Å². The summed E-state index contributed by atoms with van der Waals surface area (Å²) in [4.78, 5) is 12.7. The van der Waals surface area contributed by atoms with E-state index in [4.69, 9.17) is 5.73 Å².